The second kappa shape index (κ2) is 5.62. The zero-order valence-corrected chi connectivity index (χ0v) is 11.1. The van der Waals surface area contributed by atoms with Gasteiger partial charge in [-0.15, -0.1) is 0 Å². The molecule has 2 rings (SSSR count). The zero-order chi connectivity index (χ0) is 13.8. The quantitative estimate of drug-likeness (QED) is 0.862. The average Bonchev–Trinajstić information content (AvgIpc) is 2.87. The zero-order valence-electron chi connectivity index (χ0n) is 11.1. The standard InChI is InChI=1S/C13H17N3O3/c1-8(14)10-7-19-13(16-10)15-9-4-5-11(17-2)12(6-9)18-3/h4-8H,14H2,1-3H3,(H,15,16). The highest BCUT2D eigenvalue weighted by atomic mass is 16.5. The monoisotopic (exact) mass is 263 g/mol. The minimum atomic E-state index is -0.162. The van der Waals surface area contributed by atoms with E-state index in [0.29, 0.717) is 23.2 Å². The molecule has 1 aromatic carbocycles. The van der Waals surface area contributed by atoms with E-state index in [4.69, 9.17) is 19.6 Å². The Hall–Kier alpha value is -2.21. The molecule has 19 heavy (non-hydrogen) atoms. The highest BCUT2D eigenvalue weighted by molar-refractivity contribution is 5.59. The SMILES string of the molecule is COc1ccc(Nc2nc(C(C)N)co2)cc1OC. The molecule has 0 saturated carbocycles. The van der Waals surface area contributed by atoms with Gasteiger partial charge in [0, 0.05) is 17.8 Å². The summed E-state index contributed by atoms with van der Waals surface area (Å²) in [7, 11) is 3.18. The third kappa shape index (κ3) is 2.97. The first-order valence-corrected chi connectivity index (χ1v) is 5.84. The van der Waals surface area contributed by atoms with Crippen LogP contribution in [-0.4, -0.2) is 19.2 Å². The van der Waals surface area contributed by atoms with Crippen LogP contribution in [0.1, 0.15) is 18.7 Å². The van der Waals surface area contributed by atoms with Crippen molar-refractivity contribution in [2.45, 2.75) is 13.0 Å². The summed E-state index contributed by atoms with van der Waals surface area (Å²) >= 11 is 0. The Labute approximate surface area is 111 Å². The molecule has 0 spiro atoms. The third-order valence-corrected chi connectivity index (χ3v) is 2.62. The molecule has 0 aliphatic carbocycles. The fraction of sp³-hybridized carbons (Fsp3) is 0.308. The number of benzene rings is 1. The summed E-state index contributed by atoms with van der Waals surface area (Å²) in [5, 5.41) is 3.04. The van der Waals surface area contributed by atoms with Crippen LogP contribution in [0.4, 0.5) is 11.7 Å². The van der Waals surface area contributed by atoms with E-state index >= 15 is 0 Å². The molecule has 0 radical (unpaired) electrons. The number of anilines is 2. The van der Waals surface area contributed by atoms with Gasteiger partial charge in [0.05, 0.1) is 19.9 Å². The number of nitrogens with two attached hydrogens (primary N) is 1. The number of aromatic nitrogens is 1. The van der Waals surface area contributed by atoms with Gasteiger partial charge in [0.15, 0.2) is 11.5 Å². The summed E-state index contributed by atoms with van der Waals surface area (Å²) in [5.41, 5.74) is 7.20. The van der Waals surface area contributed by atoms with E-state index in [-0.39, 0.29) is 6.04 Å². The number of nitrogens with one attached hydrogen (secondary N) is 1. The van der Waals surface area contributed by atoms with Crippen molar-refractivity contribution in [2.75, 3.05) is 19.5 Å². The van der Waals surface area contributed by atoms with Crippen LogP contribution < -0.4 is 20.5 Å². The van der Waals surface area contributed by atoms with Gasteiger partial charge in [0.2, 0.25) is 0 Å². The van der Waals surface area contributed by atoms with Gasteiger partial charge in [0.25, 0.3) is 6.01 Å². The summed E-state index contributed by atoms with van der Waals surface area (Å²) < 4.78 is 15.7. The van der Waals surface area contributed by atoms with Crippen molar-refractivity contribution >= 4 is 11.7 Å². The van der Waals surface area contributed by atoms with Crippen molar-refractivity contribution in [1.82, 2.24) is 4.98 Å². The molecular weight excluding hydrogens is 246 g/mol. The molecule has 0 saturated heterocycles. The van der Waals surface area contributed by atoms with E-state index in [1.54, 1.807) is 26.4 Å². The minimum absolute atomic E-state index is 0.162. The average molecular weight is 263 g/mol. The topological polar surface area (TPSA) is 82.5 Å². The molecule has 1 aromatic heterocycles. The number of methoxy groups -OCH3 is 2. The number of ether oxygens (including phenoxy) is 2. The molecule has 102 valence electrons. The van der Waals surface area contributed by atoms with Crippen LogP contribution in [-0.2, 0) is 0 Å². The van der Waals surface area contributed by atoms with Gasteiger partial charge >= 0.3 is 0 Å². The van der Waals surface area contributed by atoms with Crippen molar-refractivity contribution in [3.8, 4) is 11.5 Å². The van der Waals surface area contributed by atoms with E-state index < -0.39 is 0 Å². The minimum Gasteiger partial charge on any atom is -0.493 e. The van der Waals surface area contributed by atoms with Gasteiger partial charge in [-0.25, -0.2) is 0 Å². The molecule has 1 unspecified atom stereocenters. The molecule has 0 bridgehead atoms. The maximum Gasteiger partial charge on any atom is 0.299 e. The first-order chi connectivity index (χ1) is 9.13. The lowest BCUT2D eigenvalue weighted by molar-refractivity contribution is 0.355. The molecule has 0 fully saturated rings. The molecule has 0 aliphatic heterocycles. The predicted molar refractivity (Wildman–Crippen MR) is 71.9 cm³/mol. The van der Waals surface area contributed by atoms with Gasteiger partial charge in [-0.3, -0.25) is 0 Å². The lowest BCUT2D eigenvalue weighted by Crippen LogP contribution is -2.05. The maximum absolute atomic E-state index is 5.72. The maximum atomic E-state index is 5.72. The molecule has 2 aromatic rings. The van der Waals surface area contributed by atoms with E-state index in [9.17, 15) is 0 Å². The summed E-state index contributed by atoms with van der Waals surface area (Å²) in [5.74, 6) is 1.29. The molecular formula is C13H17N3O3. The van der Waals surface area contributed by atoms with Gasteiger partial charge in [-0.1, -0.05) is 0 Å². The molecule has 6 heteroatoms. The van der Waals surface area contributed by atoms with E-state index in [0.717, 1.165) is 5.69 Å². The molecule has 1 heterocycles. The van der Waals surface area contributed by atoms with Crippen molar-refractivity contribution in [3.05, 3.63) is 30.2 Å². The molecule has 1 atom stereocenters. The molecule has 6 nitrogen and oxygen atoms in total. The summed E-state index contributed by atoms with van der Waals surface area (Å²) in [6, 6.07) is 5.67. The summed E-state index contributed by atoms with van der Waals surface area (Å²) in [4.78, 5) is 4.23. The van der Waals surface area contributed by atoms with Crippen molar-refractivity contribution < 1.29 is 13.9 Å². The fourth-order valence-corrected chi connectivity index (χ4v) is 1.59. The molecule has 0 aliphatic rings. The fourth-order valence-electron chi connectivity index (χ4n) is 1.59. The normalized spacial score (nSPS) is 12.0. The number of hydrogen-bond acceptors (Lipinski definition) is 6. The highest BCUT2D eigenvalue weighted by Gasteiger charge is 2.09. The van der Waals surface area contributed by atoms with Crippen LogP contribution in [0.25, 0.3) is 0 Å². The molecule has 3 N–H and O–H groups in total. The lowest BCUT2D eigenvalue weighted by Gasteiger charge is -2.09. The van der Waals surface area contributed by atoms with Crippen LogP contribution in [0.2, 0.25) is 0 Å². The van der Waals surface area contributed by atoms with E-state index in [1.807, 2.05) is 13.0 Å². The number of rotatable bonds is 5. The van der Waals surface area contributed by atoms with E-state index in [2.05, 4.69) is 10.3 Å². The van der Waals surface area contributed by atoms with Crippen LogP contribution in [0, 0.1) is 0 Å². The third-order valence-electron chi connectivity index (χ3n) is 2.62. The van der Waals surface area contributed by atoms with Crippen LogP contribution in [0.15, 0.2) is 28.9 Å². The van der Waals surface area contributed by atoms with Crippen LogP contribution >= 0.6 is 0 Å². The second-order valence-corrected chi connectivity index (χ2v) is 4.06. The Bertz CT molecular complexity index is 552. The first-order valence-electron chi connectivity index (χ1n) is 5.84. The van der Waals surface area contributed by atoms with Crippen LogP contribution in [0.3, 0.4) is 0 Å². The smallest absolute Gasteiger partial charge is 0.299 e. The highest BCUT2D eigenvalue weighted by Crippen LogP contribution is 2.31. The first kappa shape index (κ1) is 13.2. The van der Waals surface area contributed by atoms with E-state index in [1.165, 1.54) is 6.26 Å². The second-order valence-electron chi connectivity index (χ2n) is 4.06. The Morgan fingerprint density at radius 2 is 2.00 bits per heavy atom. The predicted octanol–water partition coefficient (Wildman–Crippen LogP) is 2.46. The number of oxazole rings is 1. The molecule has 0 amide bonds. The lowest BCUT2D eigenvalue weighted by atomic mass is 10.3. The largest absolute Gasteiger partial charge is 0.493 e. The summed E-state index contributed by atoms with van der Waals surface area (Å²) in [6.45, 7) is 1.85. The summed E-state index contributed by atoms with van der Waals surface area (Å²) in [6.07, 6.45) is 1.54. The Morgan fingerprint density at radius 1 is 1.26 bits per heavy atom. The van der Waals surface area contributed by atoms with Crippen molar-refractivity contribution in [1.29, 1.82) is 0 Å². The van der Waals surface area contributed by atoms with Gasteiger partial charge in [0.1, 0.15) is 6.26 Å². The van der Waals surface area contributed by atoms with Gasteiger partial charge < -0.3 is 24.9 Å². The van der Waals surface area contributed by atoms with Crippen LogP contribution in [0.5, 0.6) is 11.5 Å². The van der Waals surface area contributed by atoms with Crippen molar-refractivity contribution in [3.63, 3.8) is 0 Å². The van der Waals surface area contributed by atoms with Gasteiger partial charge in [-0.05, 0) is 19.1 Å². The van der Waals surface area contributed by atoms with Gasteiger partial charge in [-0.2, -0.15) is 4.98 Å². The number of hydrogen-bond donors (Lipinski definition) is 2. The Morgan fingerprint density at radius 3 is 2.58 bits per heavy atom. The number of nitrogens with zero attached hydrogens (tertiary/aromatic N) is 1. The Balaban J connectivity index is 2.18. The Kier molecular flexibility index (Phi) is 3.91. The van der Waals surface area contributed by atoms with Crippen molar-refractivity contribution in [2.24, 2.45) is 5.73 Å².